The summed E-state index contributed by atoms with van der Waals surface area (Å²) in [5.41, 5.74) is -0.676. The summed E-state index contributed by atoms with van der Waals surface area (Å²) in [6, 6.07) is -0.765. The van der Waals surface area contributed by atoms with Gasteiger partial charge in [0.05, 0.1) is 0 Å². The van der Waals surface area contributed by atoms with Gasteiger partial charge in [-0.3, -0.25) is 4.90 Å². The fraction of sp³-hybridized carbons (Fsp3) is 0.600. The first-order chi connectivity index (χ1) is 10.5. The Bertz CT molecular complexity index is 548. The van der Waals surface area contributed by atoms with E-state index in [1.54, 1.807) is 0 Å². The highest BCUT2D eigenvalue weighted by Gasteiger charge is 2.37. The van der Waals surface area contributed by atoms with E-state index in [-0.39, 0.29) is 24.8 Å². The van der Waals surface area contributed by atoms with E-state index in [9.17, 15) is 22.0 Å². The highest BCUT2D eigenvalue weighted by molar-refractivity contribution is 5.85. The molecule has 1 N–H and O–H groups in total. The monoisotopic (exact) mass is 392 g/mol. The van der Waals surface area contributed by atoms with E-state index in [2.05, 4.69) is 5.32 Å². The van der Waals surface area contributed by atoms with Gasteiger partial charge in [0.1, 0.15) is 0 Å². The standard InChI is InChI=1S/C15H17F5N2.2ClH/c16-11-10(12(17)14(19)15(20)13(11)18)9(7-8-1-2-8)22-5-3-21-4-6-22;;/h8-9,21H,1-7H2;2*1H/t9-;;/m1../s1. The molecule has 0 radical (unpaired) electrons. The SMILES string of the molecule is Cl.Cl.Fc1c(F)c(F)c([C@@H](CC2CC2)N2CCNCC2)c(F)c1F. The van der Waals surface area contributed by atoms with Crippen LogP contribution in [0, 0.1) is 35.0 Å². The van der Waals surface area contributed by atoms with E-state index in [1.165, 1.54) is 0 Å². The summed E-state index contributed by atoms with van der Waals surface area (Å²) < 4.78 is 68.4. The Labute approximate surface area is 149 Å². The molecule has 1 saturated carbocycles. The molecule has 24 heavy (non-hydrogen) atoms. The average Bonchev–Trinajstić information content (AvgIpc) is 3.35. The lowest BCUT2D eigenvalue weighted by molar-refractivity contribution is 0.151. The summed E-state index contributed by atoms with van der Waals surface area (Å²) in [7, 11) is 0. The van der Waals surface area contributed by atoms with Gasteiger partial charge in [-0.1, -0.05) is 12.8 Å². The van der Waals surface area contributed by atoms with E-state index in [4.69, 9.17) is 0 Å². The third-order valence-corrected chi connectivity index (χ3v) is 4.42. The van der Waals surface area contributed by atoms with Crippen LogP contribution in [0.3, 0.4) is 0 Å². The molecule has 0 bridgehead atoms. The molecule has 1 saturated heterocycles. The number of piperazine rings is 1. The van der Waals surface area contributed by atoms with Gasteiger partial charge in [0.15, 0.2) is 23.3 Å². The molecule has 1 aromatic rings. The number of halogens is 7. The number of hydrogen-bond acceptors (Lipinski definition) is 2. The number of benzene rings is 1. The van der Waals surface area contributed by atoms with Gasteiger partial charge < -0.3 is 5.32 Å². The third-order valence-electron chi connectivity index (χ3n) is 4.42. The first kappa shape index (κ1) is 21.4. The van der Waals surface area contributed by atoms with Gasteiger partial charge in [-0.05, 0) is 12.3 Å². The maximum Gasteiger partial charge on any atom is 0.200 e. The molecular weight excluding hydrogens is 374 g/mol. The molecule has 2 aliphatic rings. The Balaban J connectivity index is 0.00000144. The van der Waals surface area contributed by atoms with Crippen molar-refractivity contribution in [1.82, 2.24) is 10.2 Å². The zero-order chi connectivity index (χ0) is 15.9. The van der Waals surface area contributed by atoms with Crippen LogP contribution in [0.2, 0.25) is 0 Å². The minimum absolute atomic E-state index is 0. The number of nitrogens with one attached hydrogen (secondary N) is 1. The van der Waals surface area contributed by atoms with Gasteiger partial charge in [-0.2, -0.15) is 0 Å². The lowest BCUT2D eigenvalue weighted by Crippen LogP contribution is -2.45. The van der Waals surface area contributed by atoms with Crippen LogP contribution in [-0.4, -0.2) is 31.1 Å². The molecule has 1 aromatic carbocycles. The Morgan fingerprint density at radius 1 is 0.833 bits per heavy atom. The van der Waals surface area contributed by atoms with Gasteiger partial charge in [0.25, 0.3) is 0 Å². The molecule has 0 amide bonds. The Morgan fingerprint density at radius 2 is 1.29 bits per heavy atom. The highest BCUT2D eigenvalue weighted by Crippen LogP contribution is 2.42. The zero-order valence-electron chi connectivity index (χ0n) is 12.8. The normalized spacial score (nSPS) is 19.4. The second kappa shape index (κ2) is 8.65. The molecule has 1 aliphatic heterocycles. The second-order valence-corrected chi connectivity index (χ2v) is 5.96. The maximum absolute atomic E-state index is 14.1. The van der Waals surface area contributed by atoms with E-state index >= 15 is 0 Å². The minimum Gasteiger partial charge on any atom is -0.314 e. The first-order valence-corrected chi connectivity index (χ1v) is 7.46. The Hall–Kier alpha value is -0.630. The summed E-state index contributed by atoms with van der Waals surface area (Å²) >= 11 is 0. The van der Waals surface area contributed by atoms with Gasteiger partial charge in [-0.25, -0.2) is 22.0 Å². The first-order valence-electron chi connectivity index (χ1n) is 7.46. The third kappa shape index (κ3) is 4.12. The Kier molecular flexibility index (Phi) is 7.72. The van der Waals surface area contributed by atoms with Crippen molar-refractivity contribution < 1.29 is 22.0 Å². The Morgan fingerprint density at radius 3 is 1.75 bits per heavy atom. The van der Waals surface area contributed by atoms with Crippen molar-refractivity contribution >= 4 is 24.8 Å². The van der Waals surface area contributed by atoms with Crippen LogP contribution in [0.15, 0.2) is 0 Å². The molecule has 9 heteroatoms. The molecule has 1 aliphatic carbocycles. The van der Waals surface area contributed by atoms with Crippen molar-refractivity contribution in [1.29, 1.82) is 0 Å². The fourth-order valence-corrected chi connectivity index (χ4v) is 3.03. The predicted octanol–water partition coefficient (Wildman–Crippen LogP) is 3.97. The van der Waals surface area contributed by atoms with Crippen molar-refractivity contribution in [2.24, 2.45) is 5.92 Å². The molecule has 1 atom stereocenters. The lowest BCUT2D eigenvalue weighted by Gasteiger charge is -2.35. The zero-order valence-corrected chi connectivity index (χ0v) is 14.4. The summed E-state index contributed by atoms with van der Waals surface area (Å²) in [4.78, 5) is 1.81. The van der Waals surface area contributed by atoms with Crippen LogP contribution < -0.4 is 5.32 Å². The number of rotatable bonds is 4. The van der Waals surface area contributed by atoms with Gasteiger partial charge in [0, 0.05) is 37.8 Å². The maximum atomic E-state index is 14.1. The van der Waals surface area contributed by atoms with Crippen LogP contribution >= 0.6 is 24.8 Å². The minimum atomic E-state index is -2.09. The summed E-state index contributed by atoms with van der Waals surface area (Å²) in [5.74, 6) is -8.89. The molecule has 2 fully saturated rings. The molecular formula is C15H19Cl2F5N2. The predicted molar refractivity (Wildman–Crippen MR) is 85.3 cm³/mol. The molecule has 0 spiro atoms. The van der Waals surface area contributed by atoms with E-state index < -0.39 is 40.7 Å². The number of hydrogen-bond donors (Lipinski definition) is 1. The van der Waals surface area contributed by atoms with E-state index in [0.29, 0.717) is 38.5 Å². The quantitative estimate of drug-likeness (QED) is 0.473. The van der Waals surface area contributed by atoms with E-state index in [1.807, 2.05) is 4.90 Å². The molecule has 1 heterocycles. The van der Waals surface area contributed by atoms with Crippen molar-refractivity contribution in [2.75, 3.05) is 26.2 Å². The molecule has 3 rings (SSSR count). The van der Waals surface area contributed by atoms with Crippen molar-refractivity contribution in [3.05, 3.63) is 34.6 Å². The number of nitrogens with zero attached hydrogens (tertiary/aromatic N) is 1. The van der Waals surface area contributed by atoms with Crippen LogP contribution in [-0.2, 0) is 0 Å². The summed E-state index contributed by atoms with van der Waals surface area (Å²) in [5, 5.41) is 3.11. The molecule has 138 valence electrons. The fourth-order valence-electron chi connectivity index (χ4n) is 3.03. The average molecular weight is 393 g/mol. The summed E-state index contributed by atoms with van der Waals surface area (Å²) in [6.07, 6.45) is 2.31. The molecule has 2 nitrogen and oxygen atoms in total. The lowest BCUT2D eigenvalue weighted by atomic mass is 9.97. The van der Waals surface area contributed by atoms with Crippen LogP contribution in [0.4, 0.5) is 22.0 Å². The van der Waals surface area contributed by atoms with Crippen LogP contribution in [0.25, 0.3) is 0 Å². The van der Waals surface area contributed by atoms with Crippen molar-refractivity contribution in [3.63, 3.8) is 0 Å². The topological polar surface area (TPSA) is 15.3 Å². The smallest absolute Gasteiger partial charge is 0.200 e. The van der Waals surface area contributed by atoms with Crippen LogP contribution in [0.1, 0.15) is 30.9 Å². The van der Waals surface area contributed by atoms with Gasteiger partial charge >= 0.3 is 0 Å². The van der Waals surface area contributed by atoms with Crippen LogP contribution in [0.5, 0.6) is 0 Å². The second-order valence-electron chi connectivity index (χ2n) is 5.96. The van der Waals surface area contributed by atoms with E-state index in [0.717, 1.165) is 12.8 Å². The molecule has 0 unspecified atom stereocenters. The highest BCUT2D eigenvalue weighted by atomic mass is 35.5. The summed E-state index contributed by atoms with van der Waals surface area (Å²) in [6.45, 7) is 2.32. The largest absolute Gasteiger partial charge is 0.314 e. The van der Waals surface area contributed by atoms with Crippen molar-refractivity contribution in [2.45, 2.75) is 25.3 Å². The van der Waals surface area contributed by atoms with Crippen molar-refractivity contribution in [3.8, 4) is 0 Å². The van der Waals surface area contributed by atoms with Gasteiger partial charge in [0.2, 0.25) is 5.82 Å². The molecule has 0 aromatic heterocycles. The van der Waals surface area contributed by atoms with Gasteiger partial charge in [-0.15, -0.1) is 24.8 Å².